The van der Waals surface area contributed by atoms with Crippen LogP contribution in [0.1, 0.15) is 11.1 Å². The third-order valence-corrected chi connectivity index (χ3v) is 4.60. The van der Waals surface area contributed by atoms with E-state index in [1.54, 1.807) is 0 Å². The van der Waals surface area contributed by atoms with Gasteiger partial charge in [-0.15, -0.1) is 0 Å². The van der Waals surface area contributed by atoms with Gasteiger partial charge in [0.05, 0.1) is 5.52 Å². The van der Waals surface area contributed by atoms with Crippen LogP contribution in [0.5, 0.6) is 0 Å². The van der Waals surface area contributed by atoms with Crippen molar-refractivity contribution in [2.24, 2.45) is 0 Å². The summed E-state index contributed by atoms with van der Waals surface area (Å²) in [6.07, 6.45) is 1.53. The van der Waals surface area contributed by atoms with Crippen LogP contribution in [0.15, 0.2) is 48.7 Å². The second-order valence-corrected chi connectivity index (χ2v) is 7.21. The van der Waals surface area contributed by atoms with E-state index in [4.69, 9.17) is 5.73 Å². The summed E-state index contributed by atoms with van der Waals surface area (Å²) in [6.45, 7) is 0.893. The molecule has 1 unspecified atom stereocenters. The summed E-state index contributed by atoms with van der Waals surface area (Å²) in [5, 5.41) is 0.776. The summed E-state index contributed by atoms with van der Waals surface area (Å²) in [7, 11) is 4.08. The zero-order valence-corrected chi connectivity index (χ0v) is 15.0. The number of hydrogen-bond acceptors (Lipinski definition) is 5. The molecular formula is C19H20N3O2S-. The molecule has 0 bridgehead atoms. The van der Waals surface area contributed by atoms with E-state index in [9.17, 15) is 8.76 Å². The molecule has 2 N–H and O–H groups in total. The average molecular weight is 354 g/mol. The molecule has 3 rings (SSSR count). The van der Waals surface area contributed by atoms with E-state index >= 15 is 0 Å². The molecule has 0 radical (unpaired) electrons. The predicted octanol–water partition coefficient (Wildman–Crippen LogP) is 2.92. The lowest BCUT2D eigenvalue weighted by molar-refractivity contribution is 0.402. The number of hydrogen-bond donors (Lipinski definition) is 1. The smallest absolute Gasteiger partial charge is 0.0723 e. The van der Waals surface area contributed by atoms with E-state index in [-0.39, 0.29) is 5.75 Å². The van der Waals surface area contributed by atoms with Crippen molar-refractivity contribution in [1.82, 2.24) is 9.88 Å². The highest BCUT2D eigenvalue weighted by Gasteiger charge is 2.08. The Morgan fingerprint density at radius 2 is 1.80 bits per heavy atom. The van der Waals surface area contributed by atoms with Crippen molar-refractivity contribution in [3.05, 3.63) is 59.8 Å². The molecule has 0 fully saturated rings. The zero-order chi connectivity index (χ0) is 18.0. The zero-order valence-electron chi connectivity index (χ0n) is 14.2. The van der Waals surface area contributed by atoms with Gasteiger partial charge in [0.25, 0.3) is 0 Å². The number of benzene rings is 2. The Morgan fingerprint density at radius 1 is 1.12 bits per heavy atom. The molecule has 0 amide bonds. The molecule has 3 aromatic rings. The first kappa shape index (κ1) is 17.5. The number of anilines is 1. The molecule has 0 aliphatic carbocycles. The van der Waals surface area contributed by atoms with Gasteiger partial charge in [-0.1, -0.05) is 41.4 Å². The van der Waals surface area contributed by atoms with E-state index in [0.29, 0.717) is 11.3 Å². The third-order valence-electron chi connectivity index (χ3n) is 4.05. The quantitative estimate of drug-likeness (QED) is 0.712. The Labute approximate surface area is 149 Å². The highest BCUT2D eigenvalue weighted by atomic mass is 32.2. The van der Waals surface area contributed by atoms with Crippen LogP contribution in [-0.2, 0) is 23.4 Å². The highest BCUT2D eigenvalue weighted by Crippen LogP contribution is 2.29. The molecule has 0 aliphatic heterocycles. The molecule has 1 aromatic heterocycles. The van der Waals surface area contributed by atoms with Gasteiger partial charge in [-0.2, -0.15) is 0 Å². The normalized spacial score (nSPS) is 12.6. The first-order valence-electron chi connectivity index (χ1n) is 7.91. The molecule has 25 heavy (non-hydrogen) atoms. The summed E-state index contributed by atoms with van der Waals surface area (Å²) < 4.78 is 21.9. The SMILES string of the molecule is CN(C)Cc1ccc(-c2ccc3ncc(CS(=O)[O-])c(N)c3c2)cc1. The Hall–Kier alpha value is -2.28. The number of nitrogens with two attached hydrogens (primary N) is 1. The average Bonchev–Trinajstić information content (AvgIpc) is 2.57. The maximum absolute atomic E-state index is 11.0. The van der Waals surface area contributed by atoms with Crippen LogP contribution in [0.2, 0.25) is 0 Å². The molecule has 1 atom stereocenters. The van der Waals surface area contributed by atoms with Crippen molar-refractivity contribution < 1.29 is 8.76 Å². The Kier molecular flexibility index (Phi) is 5.13. The van der Waals surface area contributed by atoms with E-state index < -0.39 is 11.1 Å². The highest BCUT2D eigenvalue weighted by molar-refractivity contribution is 7.78. The van der Waals surface area contributed by atoms with Gasteiger partial charge in [0, 0.05) is 35.1 Å². The fourth-order valence-corrected chi connectivity index (χ4v) is 3.33. The van der Waals surface area contributed by atoms with E-state index in [2.05, 4.69) is 34.1 Å². The molecule has 1 heterocycles. The largest absolute Gasteiger partial charge is 0.772 e. The molecule has 5 nitrogen and oxygen atoms in total. The molecule has 0 saturated heterocycles. The fraction of sp³-hybridized carbons (Fsp3) is 0.211. The second kappa shape index (κ2) is 7.31. The molecule has 0 spiro atoms. The molecule has 0 saturated carbocycles. The van der Waals surface area contributed by atoms with Crippen molar-refractivity contribution in [3.63, 3.8) is 0 Å². The van der Waals surface area contributed by atoms with Crippen LogP contribution in [0.3, 0.4) is 0 Å². The number of fused-ring (bicyclic) bond motifs is 1. The van der Waals surface area contributed by atoms with Crippen LogP contribution in [0.4, 0.5) is 5.69 Å². The first-order valence-corrected chi connectivity index (χ1v) is 9.15. The maximum Gasteiger partial charge on any atom is 0.0723 e. The predicted molar refractivity (Wildman–Crippen MR) is 102 cm³/mol. The lowest BCUT2D eigenvalue weighted by Gasteiger charge is -2.12. The monoisotopic (exact) mass is 354 g/mol. The number of aromatic nitrogens is 1. The molecule has 130 valence electrons. The Bertz CT molecular complexity index is 924. The van der Waals surface area contributed by atoms with Crippen LogP contribution in [0.25, 0.3) is 22.0 Å². The van der Waals surface area contributed by atoms with E-state index in [1.807, 2.05) is 32.3 Å². The van der Waals surface area contributed by atoms with Crippen molar-refractivity contribution in [1.29, 1.82) is 0 Å². The van der Waals surface area contributed by atoms with E-state index in [0.717, 1.165) is 28.6 Å². The van der Waals surface area contributed by atoms with Crippen molar-refractivity contribution >= 4 is 27.7 Å². The van der Waals surface area contributed by atoms with Crippen molar-refractivity contribution in [2.75, 3.05) is 19.8 Å². The third kappa shape index (κ3) is 4.04. The lowest BCUT2D eigenvalue weighted by Crippen LogP contribution is -2.10. The number of rotatable bonds is 5. The van der Waals surface area contributed by atoms with E-state index in [1.165, 1.54) is 11.8 Å². The number of nitrogen functional groups attached to an aromatic ring is 1. The van der Waals surface area contributed by atoms with Gasteiger partial charge < -0.3 is 15.2 Å². The number of nitrogens with zero attached hydrogens (tertiary/aromatic N) is 2. The van der Waals surface area contributed by atoms with Crippen LogP contribution in [-0.4, -0.2) is 32.7 Å². The van der Waals surface area contributed by atoms with Gasteiger partial charge >= 0.3 is 0 Å². The van der Waals surface area contributed by atoms with Gasteiger partial charge in [0.1, 0.15) is 0 Å². The summed E-state index contributed by atoms with van der Waals surface area (Å²) in [6, 6.07) is 14.3. The fourth-order valence-electron chi connectivity index (χ4n) is 2.84. The minimum Gasteiger partial charge on any atom is -0.772 e. The van der Waals surface area contributed by atoms with Gasteiger partial charge in [-0.05, 0) is 42.9 Å². The molecular weight excluding hydrogens is 334 g/mol. The maximum atomic E-state index is 11.0. The van der Waals surface area contributed by atoms with Gasteiger partial charge in [-0.3, -0.25) is 9.19 Å². The second-order valence-electron chi connectivity index (χ2n) is 6.31. The van der Waals surface area contributed by atoms with Crippen LogP contribution in [0, 0.1) is 0 Å². The van der Waals surface area contributed by atoms with Crippen molar-refractivity contribution in [3.8, 4) is 11.1 Å². The van der Waals surface area contributed by atoms with Crippen LogP contribution >= 0.6 is 0 Å². The van der Waals surface area contributed by atoms with Crippen molar-refractivity contribution in [2.45, 2.75) is 12.3 Å². The standard InChI is InChI=1S/C19H21N3O2S/c1-22(2)11-13-3-5-14(6-4-13)15-7-8-18-17(9-15)19(20)16(10-21-18)12-25(23)24/h3-10H,11-12H2,1-2H3,(H2,20,21)(H,23,24)/p-1. The topological polar surface area (TPSA) is 82.3 Å². The first-order chi connectivity index (χ1) is 11.9. The Balaban J connectivity index is 1.99. The van der Waals surface area contributed by atoms with Gasteiger partial charge in [0.15, 0.2) is 0 Å². The van der Waals surface area contributed by atoms with Crippen LogP contribution < -0.4 is 5.73 Å². The Morgan fingerprint density at radius 3 is 2.44 bits per heavy atom. The molecule has 6 heteroatoms. The van der Waals surface area contributed by atoms with Gasteiger partial charge in [-0.25, -0.2) is 0 Å². The molecule has 0 aliphatic rings. The number of pyridine rings is 1. The minimum absolute atomic E-state index is 0.127. The minimum atomic E-state index is -2.19. The summed E-state index contributed by atoms with van der Waals surface area (Å²) in [4.78, 5) is 6.44. The summed E-state index contributed by atoms with van der Waals surface area (Å²) >= 11 is -2.19. The summed E-state index contributed by atoms with van der Waals surface area (Å²) in [5.74, 6) is -0.127. The lowest BCUT2D eigenvalue weighted by atomic mass is 10.0. The molecule has 2 aromatic carbocycles. The van der Waals surface area contributed by atoms with Gasteiger partial charge in [0.2, 0.25) is 0 Å². The summed E-state index contributed by atoms with van der Waals surface area (Å²) in [5.41, 5.74) is 11.3.